The standard InChI is InChI=1S/C27H31N3O5S2/c1-21-16-17-36-26(21)19-28(18-22-8-4-2-5-9-22)27(31)20-29(23-10-6-3-7-11-23)37(34,35)25-14-12-24(13-15-25)30(32)33/h2,4-5,8-9,12-17,23H,3,6-7,10-11,18-20H2,1H3. The fraction of sp³-hybridized carbons (Fsp3) is 0.370. The summed E-state index contributed by atoms with van der Waals surface area (Å²) in [6, 6.07) is 16.3. The van der Waals surface area contributed by atoms with Gasteiger partial charge in [0.2, 0.25) is 15.9 Å². The van der Waals surface area contributed by atoms with Gasteiger partial charge in [-0.2, -0.15) is 4.31 Å². The number of rotatable bonds is 10. The highest BCUT2D eigenvalue weighted by Crippen LogP contribution is 2.29. The summed E-state index contributed by atoms with van der Waals surface area (Å²) in [6.07, 6.45) is 4.19. The van der Waals surface area contributed by atoms with Gasteiger partial charge >= 0.3 is 0 Å². The number of amides is 1. The number of thiophene rings is 1. The Morgan fingerprint density at radius 1 is 1.00 bits per heavy atom. The Morgan fingerprint density at radius 2 is 1.68 bits per heavy atom. The number of carbonyl (C=O) groups excluding carboxylic acids is 1. The molecule has 0 saturated heterocycles. The van der Waals surface area contributed by atoms with E-state index in [1.807, 2.05) is 48.7 Å². The van der Waals surface area contributed by atoms with Gasteiger partial charge in [0, 0.05) is 29.6 Å². The second kappa shape index (κ2) is 12.0. The summed E-state index contributed by atoms with van der Waals surface area (Å²) in [4.78, 5) is 27.0. The van der Waals surface area contributed by atoms with Crippen molar-refractivity contribution in [2.75, 3.05) is 6.54 Å². The van der Waals surface area contributed by atoms with Gasteiger partial charge in [-0.1, -0.05) is 49.6 Å². The summed E-state index contributed by atoms with van der Waals surface area (Å²) in [6.45, 7) is 2.49. The minimum absolute atomic E-state index is 0.0415. The summed E-state index contributed by atoms with van der Waals surface area (Å²) in [5.74, 6) is -0.271. The van der Waals surface area contributed by atoms with Crippen LogP contribution in [0.5, 0.6) is 0 Å². The van der Waals surface area contributed by atoms with Crippen LogP contribution < -0.4 is 0 Å². The molecule has 1 aliphatic carbocycles. The zero-order valence-electron chi connectivity index (χ0n) is 20.8. The number of hydrogen-bond acceptors (Lipinski definition) is 6. The Bertz CT molecular complexity index is 1320. The molecule has 37 heavy (non-hydrogen) atoms. The molecule has 0 aliphatic heterocycles. The molecule has 3 aromatic rings. The monoisotopic (exact) mass is 541 g/mol. The molecule has 0 atom stereocenters. The van der Waals surface area contributed by atoms with Gasteiger partial charge in [0.15, 0.2) is 0 Å². The second-order valence-electron chi connectivity index (χ2n) is 9.36. The molecule has 1 heterocycles. The predicted molar refractivity (Wildman–Crippen MR) is 144 cm³/mol. The molecule has 10 heteroatoms. The van der Waals surface area contributed by atoms with E-state index in [9.17, 15) is 23.3 Å². The van der Waals surface area contributed by atoms with Crippen LogP contribution in [0.2, 0.25) is 0 Å². The van der Waals surface area contributed by atoms with Crippen molar-refractivity contribution in [3.05, 3.63) is 92.2 Å². The molecule has 1 aromatic heterocycles. The third-order valence-corrected chi connectivity index (χ3v) is 9.72. The SMILES string of the molecule is Cc1ccsc1CN(Cc1ccccc1)C(=O)CN(C1CCCCC1)S(=O)(=O)c1ccc([N+](=O)[O-])cc1. The van der Waals surface area contributed by atoms with Gasteiger partial charge in [0.25, 0.3) is 5.69 Å². The van der Waals surface area contributed by atoms with E-state index in [0.717, 1.165) is 35.3 Å². The largest absolute Gasteiger partial charge is 0.332 e. The third-order valence-electron chi connectivity index (χ3n) is 6.80. The molecular formula is C27H31N3O5S2. The zero-order valence-corrected chi connectivity index (χ0v) is 22.4. The van der Waals surface area contributed by atoms with Crippen molar-refractivity contribution in [2.45, 2.75) is 63.1 Å². The van der Waals surface area contributed by atoms with E-state index in [4.69, 9.17) is 0 Å². The number of benzene rings is 2. The van der Waals surface area contributed by atoms with Crippen molar-refractivity contribution in [2.24, 2.45) is 0 Å². The van der Waals surface area contributed by atoms with Crippen LogP contribution in [0.3, 0.4) is 0 Å². The second-order valence-corrected chi connectivity index (χ2v) is 12.2. The molecule has 0 N–H and O–H groups in total. The van der Waals surface area contributed by atoms with E-state index in [-0.39, 0.29) is 29.1 Å². The van der Waals surface area contributed by atoms with Crippen molar-refractivity contribution in [3.63, 3.8) is 0 Å². The Morgan fingerprint density at radius 3 is 2.27 bits per heavy atom. The van der Waals surface area contributed by atoms with Crippen LogP contribution >= 0.6 is 11.3 Å². The number of hydrogen-bond donors (Lipinski definition) is 0. The summed E-state index contributed by atoms with van der Waals surface area (Å²) < 4.78 is 28.9. The van der Waals surface area contributed by atoms with Crippen LogP contribution in [0.25, 0.3) is 0 Å². The van der Waals surface area contributed by atoms with Crippen LogP contribution in [-0.2, 0) is 27.9 Å². The zero-order chi connectivity index (χ0) is 26.4. The van der Waals surface area contributed by atoms with Gasteiger partial charge in [-0.05, 0) is 54.5 Å². The Kier molecular flexibility index (Phi) is 8.73. The maximum atomic E-state index is 13.8. The minimum atomic E-state index is -4.05. The molecule has 0 radical (unpaired) electrons. The lowest BCUT2D eigenvalue weighted by atomic mass is 9.95. The quantitative estimate of drug-likeness (QED) is 0.249. The molecule has 1 saturated carbocycles. The summed E-state index contributed by atoms with van der Waals surface area (Å²) >= 11 is 1.58. The number of sulfonamides is 1. The predicted octanol–water partition coefficient (Wildman–Crippen LogP) is 5.52. The topological polar surface area (TPSA) is 101 Å². The van der Waals surface area contributed by atoms with E-state index in [0.29, 0.717) is 25.9 Å². The summed E-state index contributed by atoms with van der Waals surface area (Å²) in [5, 5.41) is 13.1. The lowest BCUT2D eigenvalue weighted by Gasteiger charge is -2.34. The number of nitrogens with zero attached hydrogens (tertiary/aromatic N) is 3. The molecule has 0 spiro atoms. The molecule has 2 aromatic carbocycles. The first-order chi connectivity index (χ1) is 17.8. The third kappa shape index (κ3) is 6.63. The summed E-state index contributed by atoms with van der Waals surface area (Å²) in [7, 11) is -4.05. The van der Waals surface area contributed by atoms with Crippen molar-refractivity contribution in [3.8, 4) is 0 Å². The first-order valence-electron chi connectivity index (χ1n) is 12.4. The van der Waals surface area contributed by atoms with Gasteiger partial charge in [0.05, 0.1) is 22.9 Å². The maximum absolute atomic E-state index is 13.8. The Hall–Kier alpha value is -3.08. The van der Waals surface area contributed by atoms with Gasteiger partial charge < -0.3 is 4.90 Å². The molecule has 4 rings (SSSR count). The van der Waals surface area contributed by atoms with E-state index in [1.54, 1.807) is 16.2 Å². The fourth-order valence-electron chi connectivity index (χ4n) is 4.66. The van der Waals surface area contributed by atoms with Crippen molar-refractivity contribution in [1.82, 2.24) is 9.21 Å². The molecule has 8 nitrogen and oxygen atoms in total. The van der Waals surface area contributed by atoms with Crippen LogP contribution in [0, 0.1) is 17.0 Å². The van der Waals surface area contributed by atoms with E-state index >= 15 is 0 Å². The highest BCUT2D eigenvalue weighted by atomic mass is 32.2. The molecule has 1 fully saturated rings. The minimum Gasteiger partial charge on any atom is -0.332 e. The molecule has 0 bridgehead atoms. The number of aryl methyl sites for hydroxylation is 1. The first kappa shape index (κ1) is 27.0. The van der Waals surface area contributed by atoms with Crippen molar-refractivity contribution < 1.29 is 18.1 Å². The van der Waals surface area contributed by atoms with Gasteiger partial charge in [0.1, 0.15) is 0 Å². The van der Waals surface area contributed by atoms with E-state index < -0.39 is 14.9 Å². The number of carbonyl (C=O) groups is 1. The van der Waals surface area contributed by atoms with Crippen LogP contribution in [-0.4, -0.2) is 41.0 Å². The van der Waals surface area contributed by atoms with Crippen molar-refractivity contribution >= 4 is 33.0 Å². The highest BCUT2D eigenvalue weighted by molar-refractivity contribution is 7.89. The van der Waals surface area contributed by atoms with Gasteiger partial charge in [-0.15, -0.1) is 11.3 Å². The number of nitro groups is 1. The van der Waals surface area contributed by atoms with Gasteiger partial charge in [-0.25, -0.2) is 8.42 Å². The lowest BCUT2D eigenvalue weighted by Crippen LogP contribution is -2.47. The van der Waals surface area contributed by atoms with E-state index in [1.165, 1.54) is 28.6 Å². The highest BCUT2D eigenvalue weighted by Gasteiger charge is 2.35. The number of nitro benzene ring substituents is 1. The summed E-state index contributed by atoms with van der Waals surface area (Å²) in [5.41, 5.74) is 1.88. The average molecular weight is 542 g/mol. The van der Waals surface area contributed by atoms with Gasteiger partial charge in [-0.3, -0.25) is 14.9 Å². The van der Waals surface area contributed by atoms with Crippen LogP contribution in [0.4, 0.5) is 5.69 Å². The van der Waals surface area contributed by atoms with Crippen LogP contribution in [0.1, 0.15) is 48.1 Å². The average Bonchev–Trinajstić information content (AvgIpc) is 3.31. The van der Waals surface area contributed by atoms with Crippen molar-refractivity contribution in [1.29, 1.82) is 0 Å². The molecule has 1 aliphatic rings. The maximum Gasteiger partial charge on any atom is 0.269 e. The Balaban J connectivity index is 1.64. The Labute approximate surface area is 221 Å². The first-order valence-corrected chi connectivity index (χ1v) is 14.7. The lowest BCUT2D eigenvalue weighted by molar-refractivity contribution is -0.384. The fourth-order valence-corrected chi connectivity index (χ4v) is 7.22. The smallest absolute Gasteiger partial charge is 0.269 e. The molecule has 0 unspecified atom stereocenters. The van der Waals surface area contributed by atoms with Crippen LogP contribution in [0.15, 0.2) is 70.9 Å². The van der Waals surface area contributed by atoms with E-state index in [2.05, 4.69) is 0 Å². The molecule has 1 amide bonds. The number of non-ortho nitro benzene ring substituents is 1. The molecule has 196 valence electrons. The normalized spacial score (nSPS) is 14.5. The molecular weight excluding hydrogens is 510 g/mol.